The van der Waals surface area contributed by atoms with Crippen molar-refractivity contribution in [2.45, 2.75) is 152 Å². The molecule has 0 radical (unpaired) electrons. The first-order chi connectivity index (χ1) is 21.2. The molecule has 43 heavy (non-hydrogen) atoms. The van der Waals surface area contributed by atoms with Gasteiger partial charge in [0, 0.05) is 0 Å². The van der Waals surface area contributed by atoms with Gasteiger partial charge in [0.1, 0.15) is 0 Å². The fourth-order valence-corrected chi connectivity index (χ4v) is 12.0. The minimum atomic E-state index is 0.420. The van der Waals surface area contributed by atoms with Gasteiger partial charge in [0.25, 0.3) is 0 Å². The Bertz CT molecular complexity index is 801. The van der Waals surface area contributed by atoms with E-state index in [0.29, 0.717) is 65.6 Å². The van der Waals surface area contributed by atoms with Crippen LogP contribution >= 0.6 is 0 Å². The zero-order valence-electron chi connectivity index (χ0n) is 26.5. The topological polar surface area (TPSA) is 120 Å². The lowest BCUT2D eigenvalue weighted by molar-refractivity contribution is 0.167. The summed E-state index contributed by atoms with van der Waals surface area (Å²) in [4.78, 5) is 1.89. The molecule has 0 amide bonds. The van der Waals surface area contributed by atoms with Crippen molar-refractivity contribution < 1.29 is 0 Å². The van der Waals surface area contributed by atoms with Crippen molar-refractivity contribution in [1.29, 1.82) is 5.26 Å². The minimum absolute atomic E-state index is 0.420. The number of nitrogens with one attached hydrogen (secondary N) is 8. The van der Waals surface area contributed by atoms with Crippen LogP contribution in [0.4, 0.5) is 0 Å². The smallest absolute Gasteiger partial charge is 0.286 e. The number of hydrogen-bond acceptors (Lipinski definition) is 9. The normalized spacial score (nSPS) is 53.7. The molecule has 5 heterocycles. The van der Waals surface area contributed by atoms with Crippen molar-refractivity contribution in [3.8, 4) is 4.93 Å². The summed E-state index contributed by atoms with van der Waals surface area (Å²) in [6.45, 7) is 0. The molecule has 8 unspecified atom stereocenters. The van der Waals surface area contributed by atoms with Crippen LogP contribution in [0.5, 0.6) is 0 Å². The second-order valence-corrected chi connectivity index (χ2v) is 16.3. The molecule has 8 atom stereocenters. The third kappa shape index (κ3) is 5.67. The van der Waals surface area contributed by atoms with Crippen LogP contribution in [0.25, 0.3) is 0 Å². The third-order valence-corrected chi connectivity index (χ3v) is 13.8. The molecule has 4 aliphatic carbocycles. The molecule has 238 valence electrons. The number of nitrogens with zero attached hydrogens (tertiary/aromatic N) is 1. The summed E-state index contributed by atoms with van der Waals surface area (Å²) in [5.74, 6) is 5.97. The highest BCUT2D eigenvalue weighted by Gasteiger charge is 2.54. The highest BCUT2D eigenvalue weighted by Crippen LogP contribution is 2.45. The lowest BCUT2D eigenvalue weighted by atomic mass is 9.76. The van der Waals surface area contributed by atoms with Crippen molar-refractivity contribution in [2.24, 2.45) is 47.3 Å². The van der Waals surface area contributed by atoms with E-state index in [1.807, 2.05) is 4.93 Å². The molecule has 8 N–H and O–H groups in total. The quantitative estimate of drug-likeness (QED) is 0.195. The van der Waals surface area contributed by atoms with E-state index in [-0.39, 0.29) is 0 Å². The van der Waals surface area contributed by atoms with Crippen molar-refractivity contribution in [1.82, 2.24) is 42.5 Å². The molecule has 0 aromatic carbocycles. The molecular weight excluding hydrogens is 549 g/mol. The fourth-order valence-electron chi connectivity index (χ4n) is 12.0. The van der Waals surface area contributed by atoms with Gasteiger partial charge in [0.15, 0.2) is 0 Å². The van der Waals surface area contributed by atoms with Crippen molar-refractivity contribution >= 4 is 16.3 Å². The van der Waals surface area contributed by atoms with Crippen molar-refractivity contribution in [3.05, 3.63) is 0 Å². The Morgan fingerprint density at radius 1 is 0.326 bits per heavy atom. The molecular formula is C33H58AlN9. The van der Waals surface area contributed by atoms with Gasteiger partial charge in [-0.05, 0) is 98.7 Å². The summed E-state index contributed by atoms with van der Waals surface area (Å²) in [6.07, 6.45) is 25.6. The first-order valence-electron chi connectivity index (χ1n) is 18.6. The van der Waals surface area contributed by atoms with E-state index >= 15 is 0 Å². The first-order valence-corrected chi connectivity index (χ1v) is 19.6. The maximum Gasteiger partial charge on any atom is 0.376 e. The van der Waals surface area contributed by atoms with Gasteiger partial charge >= 0.3 is 16.3 Å². The Kier molecular flexibility index (Phi) is 9.14. The Balaban J connectivity index is 0.000000892. The van der Waals surface area contributed by atoms with E-state index in [0.717, 1.165) is 47.3 Å². The second-order valence-electron chi connectivity index (χ2n) is 15.8. The largest absolute Gasteiger partial charge is 0.376 e. The number of rotatable bonds is 0. The maximum atomic E-state index is 7.38. The van der Waals surface area contributed by atoms with Crippen molar-refractivity contribution in [3.63, 3.8) is 0 Å². The van der Waals surface area contributed by atoms with Crippen LogP contribution in [0.3, 0.4) is 0 Å². The van der Waals surface area contributed by atoms with E-state index in [4.69, 9.17) is 5.26 Å². The lowest BCUT2D eigenvalue weighted by Gasteiger charge is -2.35. The van der Waals surface area contributed by atoms with Gasteiger partial charge in [-0.3, -0.25) is 42.5 Å². The van der Waals surface area contributed by atoms with E-state index < -0.39 is 0 Å². The highest BCUT2D eigenvalue weighted by molar-refractivity contribution is 6.20. The molecule has 10 heteroatoms. The fraction of sp³-hybridized carbons (Fsp3) is 0.970. The van der Waals surface area contributed by atoms with Crippen LogP contribution in [-0.2, 0) is 0 Å². The van der Waals surface area contributed by atoms with Crippen LogP contribution in [0.15, 0.2) is 0 Å². The second kappa shape index (κ2) is 13.1. The molecule has 4 saturated carbocycles. The maximum absolute atomic E-state index is 7.38. The predicted molar refractivity (Wildman–Crippen MR) is 171 cm³/mol. The van der Waals surface area contributed by atoms with Gasteiger partial charge in [-0.15, -0.1) is 0 Å². The molecule has 9 nitrogen and oxygen atoms in total. The number of fused-ring (bicyclic) bond motifs is 20. The summed E-state index contributed by atoms with van der Waals surface area (Å²) in [5.41, 5.74) is 0. The Labute approximate surface area is 267 Å². The molecule has 9 fully saturated rings. The standard InChI is InChI=1S/C32H56N8.CN.Al.2H/c1-2-10-18-17(9-1)25-33-26(18)38-28-21-13-5-6-14-22(21)30(35-28)40-32-24-16-8-7-15-23(24)31(36-32)39-29-20-12-4-3-11-19(20)27(34-29)37-25;1-2;;;/h17-40H,1-16H2;;;;. The third-order valence-electron chi connectivity index (χ3n) is 13.8. The van der Waals surface area contributed by atoms with E-state index in [9.17, 15) is 0 Å². The number of hydrogen-bond donors (Lipinski definition) is 8. The molecule has 9 aliphatic rings. The van der Waals surface area contributed by atoms with Crippen LogP contribution in [0.1, 0.15) is 103 Å². The van der Waals surface area contributed by atoms with Gasteiger partial charge < -0.3 is 0 Å². The van der Waals surface area contributed by atoms with Gasteiger partial charge in [-0.25, -0.2) is 5.26 Å². The molecule has 0 aromatic heterocycles. The lowest BCUT2D eigenvalue weighted by Crippen LogP contribution is -2.61. The van der Waals surface area contributed by atoms with Crippen LogP contribution in [0, 0.1) is 57.5 Å². The molecule has 0 aromatic rings. The van der Waals surface area contributed by atoms with Gasteiger partial charge in [0.2, 0.25) is 0 Å². The summed E-state index contributed by atoms with van der Waals surface area (Å²) >= 11 is 0.674. The van der Waals surface area contributed by atoms with Crippen LogP contribution in [-0.4, -0.2) is 65.6 Å². The van der Waals surface area contributed by atoms with Crippen LogP contribution in [0.2, 0.25) is 0 Å². The molecule has 5 aliphatic heterocycles. The zero-order valence-corrected chi connectivity index (χ0v) is 28.5. The van der Waals surface area contributed by atoms with E-state index in [2.05, 4.69) is 42.5 Å². The highest BCUT2D eigenvalue weighted by atomic mass is 27.0. The first kappa shape index (κ1) is 30.1. The molecule has 0 spiro atoms. The summed E-state index contributed by atoms with van der Waals surface area (Å²) < 4.78 is 0. The minimum Gasteiger partial charge on any atom is -0.286 e. The Morgan fingerprint density at radius 3 is 0.558 bits per heavy atom. The average Bonchev–Trinajstić information content (AvgIpc) is 3.77. The van der Waals surface area contributed by atoms with Crippen molar-refractivity contribution in [2.75, 3.05) is 0 Å². The van der Waals surface area contributed by atoms with Gasteiger partial charge in [-0.1, -0.05) is 56.3 Å². The molecule has 8 bridgehead atoms. The Hall–Kier alpha value is -0.298. The van der Waals surface area contributed by atoms with Crippen LogP contribution < -0.4 is 42.5 Å². The summed E-state index contributed by atoms with van der Waals surface area (Å²) in [7, 11) is 0. The summed E-state index contributed by atoms with van der Waals surface area (Å²) in [6, 6.07) is 0. The predicted octanol–water partition coefficient (Wildman–Crippen LogP) is 1.71. The van der Waals surface area contributed by atoms with Gasteiger partial charge in [0.05, 0.1) is 49.3 Å². The average molecular weight is 608 g/mol. The summed E-state index contributed by atoms with van der Waals surface area (Å²) in [5, 5.41) is 41.2. The Morgan fingerprint density at radius 2 is 0.442 bits per heavy atom. The van der Waals surface area contributed by atoms with E-state index in [1.165, 1.54) is 103 Å². The molecule has 9 rings (SSSR count). The monoisotopic (exact) mass is 607 g/mol. The zero-order chi connectivity index (χ0) is 28.9. The van der Waals surface area contributed by atoms with E-state index in [1.54, 1.807) is 0 Å². The van der Waals surface area contributed by atoms with Gasteiger partial charge in [-0.2, -0.15) is 0 Å². The number of nitriles is 1. The SMILES string of the molecule is C1CCC2C3NC(NC4NC(NC5NC(NC6NC(N3)C3CCCCC63)C3CCCCC53)C3CCCCC43)C2C1.N#[C][AlH2]. The molecule has 5 saturated heterocycles.